The maximum Gasteiger partial charge on any atom is 0.161 e. The molecule has 3 heteroatoms. The van der Waals surface area contributed by atoms with Crippen molar-refractivity contribution in [1.29, 1.82) is 0 Å². The number of halogens is 1. The third kappa shape index (κ3) is 2.68. The third-order valence-corrected chi connectivity index (χ3v) is 1.96. The van der Waals surface area contributed by atoms with Crippen LogP contribution in [0.1, 0.15) is 5.56 Å². The van der Waals surface area contributed by atoms with Gasteiger partial charge in [-0.2, -0.15) is 0 Å². The van der Waals surface area contributed by atoms with Crippen molar-refractivity contribution in [2.24, 2.45) is 0 Å². The van der Waals surface area contributed by atoms with E-state index < -0.39 is 0 Å². The summed E-state index contributed by atoms with van der Waals surface area (Å²) in [6.45, 7) is 0. The van der Waals surface area contributed by atoms with E-state index in [1.807, 2.05) is 18.2 Å². The van der Waals surface area contributed by atoms with Crippen molar-refractivity contribution in [3.63, 3.8) is 0 Å². The molecule has 0 amide bonds. The lowest BCUT2D eigenvalue weighted by molar-refractivity contribution is 0.355. The van der Waals surface area contributed by atoms with E-state index in [1.54, 1.807) is 14.2 Å². The fourth-order valence-electron chi connectivity index (χ4n) is 1.05. The number of ether oxygens (including phenoxy) is 2. The number of hydrogen-bond acceptors (Lipinski definition) is 2. The molecule has 1 aromatic carbocycles. The van der Waals surface area contributed by atoms with Gasteiger partial charge in [-0.1, -0.05) is 27.8 Å². The van der Waals surface area contributed by atoms with E-state index in [4.69, 9.17) is 9.47 Å². The molecule has 0 N–H and O–H groups in total. The Morgan fingerprint density at radius 3 is 2.50 bits per heavy atom. The lowest BCUT2D eigenvalue weighted by atomic mass is 10.2. The number of rotatable bonds is 2. The van der Waals surface area contributed by atoms with Crippen LogP contribution in [0, 0.1) is 11.8 Å². The maximum atomic E-state index is 5.15. The number of alkyl halides is 1. The molecule has 0 atom stereocenters. The van der Waals surface area contributed by atoms with Crippen LogP contribution in [0.3, 0.4) is 0 Å². The van der Waals surface area contributed by atoms with Crippen LogP contribution < -0.4 is 9.47 Å². The molecule has 0 aliphatic rings. The normalized spacial score (nSPS) is 8.79. The van der Waals surface area contributed by atoms with E-state index in [0.717, 1.165) is 11.3 Å². The molecule has 1 rings (SSSR count). The van der Waals surface area contributed by atoms with E-state index in [1.165, 1.54) is 0 Å². The van der Waals surface area contributed by atoms with Gasteiger partial charge in [0.15, 0.2) is 11.5 Å². The Balaban J connectivity index is 3.01. The summed E-state index contributed by atoms with van der Waals surface area (Å²) in [6, 6.07) is 5.60. The molecular formula is C11H11BrO2. The maximum absolute atomic E-state index is 5.15. The molecule has 0 radical (unpaired) electrons. The largest absolute Gasteiger partial charge is 0.493 e. The van der Waals surface area contributed by atoms with E-state index in [2.05, 4.69) is 27.8 Å². The minimum absolute atomic E-state index is 0.668. The van der Waals surface area contributed by atoms with Gasteiger partial charge in [-0.05, 0) is 18.2 Å². The molecule has 0 bridgehead atoms. The second-order valence-corrected chi connectivity index (χ2v) is 3.07. The van der Waals surface area contributed by atoms with Gasteiger partial charge in [0.25, 0.3) is 0 Å². The zero-order valence-electron chi connectivity index (χ0n) is 8.13. The van der Waals surface area contributed by atoms with Crippen molar-refractivity contribution < 1.29 is 9.47 Å². The molecule has 0 unspecified atom stereocenters. The Morgan fingerprint density at radius 1 is 1.21 bits per heavy atom. The van der Waals surface area contributed by atoms with Crippen LogP contribution in [-0.4, -0.2) is 19.5 Å². The first-order valence-corrected chi connectivity index (χ1v) is 5.21. The van der Waals surface area contributed by atoms with Crippen LogP contribution in [0.5, 0.6) is 11.5 Å². The van der Waals surface area contributed by atoms with Crippen molar-refractivity contribution >= 4 is 15.9 Å². The van der Waals surface area contributed by atoms with E-state index in [0.29, 0.717) is 11.1 Å². The van der Waals surface area contributed by atoms with Crippen LogP contribution in [0.4, 0.5) is 0 Å². The standard InChI is InChI=1S/C11H11BrO2/c1-13-10-6-5-9(4-3-7-12)8-11(10)14-2/h5-6,8H,7H2,1-2H3. The fraction of sp³-hybridized carbons (Fsp3) is 0.273. The quantitative estimate of drug-likeness (QED) is 0.597. The molecule has 0 saturated carbocycles. The van der Waals surface area contributed by atoms with Gasteiger partial charge in [-0.25, -0.2) is 0 Å². The summed E-state index contributed by atoms with van der Waals surface area (Å²) in [4.78, 5) is 0. The molecule has 74 valence electrons. The lowest BCUT2D eigenvalue weighted by Crippen LogP contribution is -1.90. The van der Waals surface area contributed by atoms with Crippen LogP contribution in [0.2, 0.25) is 0 Å². The minimum Gasteiger partial charge on any atom is -0.493 e. The van der Waals surface area contributed by atoms with Crippen molar-refractivity contribution in [2.45, 2.75) is 0 Å². The molecule has 1 aromatic rings. The Bertz CT molecular complexity index is 363. The first kappa shape index (κ1) is 10.9. The molecule has 0 spiro atoms. The number of methoxy groups -OCH3 is 2. The first-order chi connectivity index (χ1) is 6.81. The fourth-order valence-corrected chi connectivity index (χ4v) is 1.19. The van der Waals surface area contributed by atoms with Gasteiger partial charge in [0, 0.05) is 5.56 Å². The highest BCUT2D eigenvalue weighted by molar-refractivity contribution is 9.09. The van der Waals surface area contributed by atoms with Gasteiger partial charge in [0.1, 0.15) is 0 Å². The van der Waals surface area contributed by atoms with Gasteiger partial charge in [0.05, 0.1) is 19.5 Å². The summed E-state index contributed by atoms with van der Waals surface area (Å²) in [5.74, 6) is 7.33. The van der Waals surface area contributed by atoms with Crippen LogP contribution in [-0.2, 0) is 0 Å². The average molecular weight is 255 g/mol. The van der Waals surface area contributed by atoms with E-state index in [9.17, 15) is 0 Å². The summed E-state index contributed by atoms with van der Waals surface area (Å²) in [7, 11) is 3.22. The van der Waals surface area contributed by atoms with Crippen LogP contribution in [0.25, 0.3) is 0 Å². The Hall–Kier alpha value is -1.14. The first-order valence-electron chi connectivity index (χ1n) is 4.08. The topological polar surface area (TPSA) is 18.5 Å². The molecule has 0 heterocycles. The van der Waals surface area contributed by atoms with Crippen molar-refractivity contribution in [3.05, 3.63) is 23.8 Å². The monoisotopic (exact) mass is 254 g/mol. The number of benzene rings is 1. The van der Waals surface area contributed by atoms with Crippen LogP contribution in [0.15, 0.2) is 18.2 Å². The predicted molar refractivity (Wildman–Crippen MR) is 60.2 cm³/mol. The Kier molecular flexibility index (Phi) is 4.34. The second-order valence-electron chi connectivity index (χ2n) is 2.51. The molecular weight excluding hydrogens is 244 g/mol. The zero-order valence-corrected chi connectivity index (χ0v) is 9.72. The predicted octanol–water partition coefficient (Wildman–Crippen LogP) is 2.45. The molecule has 0 aromatic heterocycles. The lowest BCUT2D eigenvalue weighted by Gasteiger charge is -2.06. The molecule has 0 aliphatic carbocycles. The molecule has 0 fully saturated rings. The third-order valence-electron chi connectivity index (χ3n) is 1.68. The molecule has 0 saturated heterocycles. The van der Waals surface area contributed by atoms with Gasteiger partial charge < -0.3 is 9.47 Å². The van der Waals surface area contributed by atoms with E-state index in [-0.39, 0.29) is 0 Å². The zero-order chi connectivity index (χ0) is 10.4. The smallest absolute Gasteiger partial charge is 0.161 e. The minimum atomic E-state index is 0.668. The second kappa shape index (κ2) is 5.56. The van der Waals surface area contributed by atoms with Crippen molar-refractivity contribution in [3.8, 4) is 23.3 Å². The van der Waals surface area contributed by atoms with Crippen LogP contribution >= 0.6 is 15.9 Å². The molecule has 0 aliphatic heterocycles. The highest BCUT2D eigenvalue weighted by Crippen LogP contribution is 2.26. The SMILES string of the molecule is COc1ccc(C#CCBr)cc1OC. The average Bonchev–Trinajstić information content (AvgIpc) is 2.25. The highest BCUT2D eigenvalue weighted by Gasteiger charge is 2.02. The summed E-state index contributed by atoms with van der Waals surface area (Å²) >= 11 is 3.24. The van der Waals surface area contributed by atoms with Gasteiger partial charge in [-0.3, -0.25) is 0 Å². The summed E-state index contributed by atoms with van der Waals surface area (Å²) < 4.78 is 10.3. The summed E-state index contributed by atoms with van der Waals surface area (Å²) in [6.07, 6.45) is 0. The molecule has 14 heavy (non-hydrogen) atoms. The number of hydrogen-bond donors (Lipinski definition) is 0. The Morgan fingerprint density at radius 2 is 1.93 bits per heavy atom. The summed E-state index contributed by atoms with van der Waals surface area (Å²) in [5, 5.41) is 0.668. The molecule has 2 nitrogen and oxygen atoms in total. The van der Waals surface area contributed by atoms with E-state index >= 15 is 0 Å². The highest BCUT2D eigenvalue weighted by atomic mass is 79.9. The Labute approximate surface area is 92.3 Å². The van der Waals surface area contributed by atoms with Gasteiger partial charge in [-0.15, -0.1) is 0 Å². The van der Waals surface area contributed by atoms with Crippen molar-refractivity contribution in [1.82, 2.24) is 0 Å². The van der Waals surface area contributed by atoms with Gasteiger partial charge >= 0.3 is 0 Å². The summed E-state index contributed by atoms with van der Waals surface area (Å²) in [5.41, 5.74) is 0.919. The van der Waals surface area contributed by atoms with Crippen molar-refractivity contribution in [2.75, 3.05) is 19.5 Å². The van der Waals surface area contributed by atoms with Gasteiger partial charge in [0.2, 0.25) is 0 Å².